The van der Waals surface area contributed by atoms with Crippen molar-refractivity contribution < 1.29 is 9.59 Å². The summed E-state index contributed by atoms with van der Waals surface area (Å²) in [7, 11) is 0. The molecule has 3 nitrogen and oxygen atoms in total. The summed E-state index contributed by atoms with van der Waals surface area (Å²) in [6.07, 6.45) is 0. The lowest BCUT2D eigenvalue weighted by Crippen LogP contribution is -2.05. The average molecular weight is 285 g/mol. The van der Waals surface area contributed by atoms with E-state index < -0.39 is 0 Å². The predicted octanol–water partition coefficient (Wildman–Crippen LogP) is 3.62. The van der Waals surface area contributed by atoms with Gasteiger partial charge in [-0.2, -0.15) is 0 Å². The Bertz CT molecular complexity index is 594. The molecule has 0 aliphatic carbocycles. The Labute approximate surface area is 122 Å². The number of hydrogen-bond acceptors (Lipinski definition) is 3. The van der Waals surface area contributed by atoms with E-state index >= 15 is 0 Å². The van der Waals surface area contributed by atoms with E-state index in [-0.39, 0.29) is 11.7 Å². The van der Waals surface area contributed by atoms with Crippen molar-refractivity contribution in [2.45, 2.75) is 11.8 Å². The molecule has 0 aliphatic heterocycles. The SMILES string of the molecule is CC(=O)Nc1ccc(SCC(=O)c2ccccc2)cc1. The third-order valence-electron chi connectivity index (χ3n) is 2.64. The minimum Gasteiger partial charge on any atom is -0.326 e. The van der Waals surface area contributed by atoms with Crippen molar-refractivity contribution in [2.75, 3.05) is 11.1 Å². The summed E-state index contributed by atoms with van der Waals surface area (Å²) in [6.45, 7) is 1.47. The molecule has 0 fully saturated rings. The van der Waals surface area contributed by atoms with Crippen molar-refractivity contribution in [3.8, 4) is 0 Å². The van der Waals surface area contributed by atoms with Gasteiger partial charge in [0, 0.05) is 23.1 Å². The molecule has 0 aliphatic rings. The van der Waals surface area contributed by atoms with Gasteiger partial charge in [0.1, 0.15) is 0 Å². The van der Waals surface area contributed by atoms with Gasteiger partial charge in [0.25, 0.3) is 0 Å². The maximum Gasteiger partial charge on any atom is 0.221 e. The summed E-state index contributed by atoms with van der Waals surface area (Å²) < 4.78 is 0. The molecule has 0 saturated heterocycles. The first-order valence-corrected chi connectivity index (χ1v) is 7.22. The molecule has 2 rings (SSSR count). The second kappa shape index (κ2) is 6.91. The van der Waals surface area contributed by atoms with E-state index in [1.165, 1.54) is 18.7 Å². The molecule has 0 saturated carbocycles. The van der Waals surface area contributed by atoms with Crippen LogP contribution in [-0.2, 0) is 4.79 Å². The Balaban J connectivity index is 1.91. The van der Waals surface area contributed by atoms with Gasteiger partial charge in [-0.25, -0.2) is 0 Å². The molecule has 0 unspecified atom stereocenters. The molecule has 0 radical (unpaired) electrons. The van der Waals surface area contributed by atoms with Crippen molar-refractivity contribution in [3.63, 3.8) is 0 Å². The first-order valence-electron chi connectivity index (χ1n) is 6.24. The number of hydrogen-bond donors (Lipinski definition) is 1. The summed E-state index contributed by atoms with van der Waals surface area (Å²) >= 11 is 1.49. The molecule has 4 heteroatoms. The van der Waals surface area contributed by atoms with E-state index in [1.54, 1.807) is 0 Å². The van der Waals surface area contributed by atoms with E-state index in [1.807, 2.05) is 54.6 Å². The molecular formula is C16H15NO2S. The molecule has 0 spiro atoms. The highest BCUT2D eigenvalue weighted by Crippen LogP contribution is 2.21. The Morgan fingerprint density at radius 1 is 1.00 bits per heavy atom. The van der Waals surface area contributed by atoms with Crippen molar-refractivity contribution in [2.24, 2.45) is 0 Å². The molecule has 0 bridgehead atoms. The number of Topliss-reactive ketones (excluding diaryl/α,β-unsaturated/α-hetero) is 1. The predicted molar refractivity (Wildman–Crippen MR) is 82.2 cm³/mol. The van der Waals surface area contributed by atoms with E-state index in [9.17, 15) is 9.59 Å². The van der Waals surface area contributed by atoms with E-state index in [0.29, 0.717) is 5.75 Å². The summed E-state index contributed by atoms with van der Waals surface area (Å²) in [5, 5.41) is 2.71. The normalized spacial score (nSPS) is 10.1. The number of carbonyl (C=O) groups excluding carboxylic acids is 2. The zero-order chi connectivity index (χ0) is 14.4. The smallest absolute Gasteiger partial charge is 0.221 e. The van der Waals surface area contributed by atoms with Crippen LogP contribution in [0, 0.1) is 0 Å². The van der Waals surface area contributed by atoms with Crippen LogP contribution >= 0.6 is 11.8 Å². The minimum atomic E-state index is -0.0929. The summed E-state index contributed by atoms with van der Waals surface area (Å²) in [4.78, 5) is 23.9. The van der Waals surface area contributed by atoms with Crippen molar-refractivity contribution >= 4 is 29.1 Å². The topological polar surface area (TPSA) is 46.2 Å². The van der Waals surface area contributed by atoms with Gasteiger partial charge >= 0.3 is 0 Å². The van der Waals surface area contributed by atoms with Gasteiger partial charge in [-0.15, -0.1) is 11.8 Å². The van der Waals surface area contributed by atoms with Gasteiger partial charge in [0.05, 0.1) is 5.75 Å². The standard InChI is InChI=1S/C16H15NO2S/c1-12(18)17-14-7-9-15(10-8-14)20-11-16(19)13-5-3-2-4-6-13/h2-10H,11H2,1H3,(H,17,18). The highest BCUT2D eigenvalue weighted by molar-refractivity contribution is 8.00. The maximum absolute atomic E-state index is 12.0. The third-order valence-corrected chi connectivity index (χ3v) is 3.65. The Hall–Kier alpha value is -2.07. The van der Waals surface area contributed by atoms with Gasteiger partial charge < -0.3 is 5.32 Å². The van der Waals surface area contributed by atoms with Crippen molar-refractivity contribution in [1.82, 2.24) is 0 Å². The van der Waals surface area contributed by atoms with Gasteiger partial charge in [-0.1, -0.05) is 30.3 Å². The highest BCUT2D eigenvalue weighted by Gasteiger charge is 2.05. The molecule has 2 aromatic carbocycles. The van der Waals surface area contributed by atoms with E-state index in [4.69, 9.17) is 0 Å². The quantitative estimate of drug-likeness (QED) is 0.674. The lowest BCUT2D eigenvalue weighted by molar-refractivity contribution is -0.114. The number of benzene rings is 2. The van der Waals surface area contributed by atoms with Gasteiger partial charge in [-0.3, -0.25) is 9.59 Å². The van der Waals surface area contributed by atoms with Crippen LogP contribution in [0.2, 0.25) is 0 Å². The monoisotopic (exact) mass is 285 g/mol. The molecule has 20 heavy (non-hydrogen) atoms. The van der Waals surface area contributed by atoms with Crippen LogP contribution in [0.5, 0.6) is 0 Å². The van der Waals surface area contributed by atoms with Crippen molar-refractivity contribution in [3.05, 3.63) is 60.2 Å². The number of rotatable bonds is 5. The Morgan fingerprint density at radius 2 is 1.65 bits per heavy atom. The van der Waals surface area contributed by atoms with Gasteiger partial charge in [0.15, 0.2) is 5.78 Å². The number of carbonyl (C=O) groups is 2. The van der Waals surface area contributed by atoms with Crippen LogP contribution in [0.3, 0.4) is 0 Å². The maximum atomic E-state index is 12.0. The Kier molecular flexibility index (Phi) is 4.96. The second-order valence-electron chi connectivity index (χ2n) is 4.28. The number of nitrogens with one attached hydrogen (secondary N) is 1. The molecule has 0 heterocycles. The van der Waals surface area contributed by atoms with Gasteiger partial charge in [-0.05, 0) is 24.3 Å². The fraction of sp³-hybridized carbons (Fsp3) is 0.125. The van der Waals surface area contributed by atoms with Crippen LogP contribution in [0.15, 0.2) is 59.5 Å². The summed E-state index contributed by atoms with van der Waals surface area (Å²) in [5.74, 6) is 0.426. The zero-order valence-electron chi connectivity index (χ0n) is 11.1. The van der Waals surface area contributed by atoms with Crippen LogP contribution < -0.4 is 5.32 Å². The number of anilines is 1. The third kappa shape index (κ3) is 4.24. The second-order valence-corrected chi connectivity index (χ2v) is 5.33. The molecule has 1 N–H and O–H groups in total. The number of amides is 1. The Morgan fingerprint density at radius 3 is 2.25 bits per heavy atom. The number of ketones is 1. The van der Waals surface area contributed by atoms with Crippen LogP contribution in [-0.4, -0.2) is 17.4 Å². The summed E-state index contributed by atoms with van der Waals surface area (Å²) in [5.41, 5.74) is 1.49. The molecule has 1 amide bonds. The first-order chi connectivity index (χ1) is 9.65. The molecule has 2 aromatic rings. The molecule has 0 aromatic heterocycles. The fourth-order valence-corrected chi connectivity index (χ4v) is 2.49. The zero-order valence-corrected chi connectivity index (χ0v) is 11.9. The van der Waals surface area contributed by atoms with Crippen LogP contribution in [0.4, 0.5) is 5.69 Å². The summed E-state index contributed by atoms with van der Waals surface area (Å²) in [6, 6.07) is 16.7. The average Bonchev–Trinajstić information content (AvgIpc) is 2.46. The molecule has 0 atom stereocenters. The van der Waals surface area contributed by atoms with Crippen molar-refractivity contribution in [1.29, 1.82) is 0 Å². The van der Waals surface area contributed by atoms with E-state index in [2.05, 4.69) is 5.32 Å². The first kappa shape index (κ1) is 14.3. The lowest BCUT2D eigenvalue weighted by Gasteiger charge is -2.04. The molecular weight excluding hydrogens is 270 g/mol. The van der Waals surface area contributed by atoms with Crippen LogP contribution in [0.25, 0.3) is 0 Å². The number of thioether (sulfide) groups is 1. The van der Waals surface area contributed by atoms with Crippen LogP contribution in [0.1, 0.15) is 17.3 Å². The highest BCUT2D eigenvalue weighted by atomic mass is 32.2. The fourth-order valence-electron chi connectivity index (χ4n) is 1.69. The van der Waals surface area contributed by atoms with Gasteiger partial charge in [0.2, 0.25) is 5.91 Å². The lowest BCUT2D eigenvalue weighted by atomic mass is 10.2. The van der Waals surface area contributed by atoms with E-state index in [0.717, 1.165) is 16.1 Å². The minimum absolute atomic E-state index is 0.0929. The molecule has 102 valence electrons. The largest absolute Gasteiger partial charge is 0.326 e.